The first-order valence-electron chi connectivity index (χ1n) is 9.10. The van der Waals surface area contributed by atoms with E-state index >= 15 is 0 Å². The van der Waals surface area contributed by atoms with Crippen LogP contribution in [0.1, 0.15) is 66.3 Å². The molecule has 0 saturated heterocycles. The van der Waals surface area contributed by atoms with Crippen molar-refractivity contribution < 1.29 is 5.11 Å². The fourth-order valence-corrected chi connectivity index (χ4v) is 3.08. The molecule has 25 heavy (non-hydrogen) atoms. The predicted molar refractivity (Wildman–Crippen MR) is 99.1 cm³/mol. The fraction of sp³-hybridized carbons (Fsp3) is 0.722. The van der Waals surface area contributed by atoms with Crippen molar-refractivity contribution in [1.82, 2.24) is 18.7 Å². The molecule has 2 heterocycles. The molecule has 0 spiro atoms. The van der Waals surface area contributed by atoms with E-state index < -0.39 is 5.60 Å². The molecule has 7 heteroatoms. The Morgan fingerprint density at radius 3 is 2.40 bits per heavy atom. The average molecular weight is 350 g/mol. The Labute approximate surface area is 147 Å². The summed E-state index contributed by atoms with van der Waals surface area (Å²) in [7, 11) is 0. The molecule has 0 fully saturated rings. The summed E-state index contributed by atoms with van der Waals surface area (Å²) in [6.45, 7) is 10.3. The van der Waals surface area contributed by atoms with Crippen LogP contribution < -0.4 is 11.2 Å². The number of hydrogen-bond donors (Lipinski definition) is 1. The number of rotatable bonds is 8. The largest absolute Gasteiger partial charge is 0.390 e. The van der Waals surface area contributed by atoms with Gasteiger partial charge in [-0.25, -0.2) is 9.78 Å². The van der Waals surface area contributed by atoms with Crippen LogP contribution >= 0.6 is 0 Å². The van der Waals surface area contributed by atoms with E-state index in [4.69, 9.17) is 0 Å². The van der Waals surface area contributed by atoms with Gasteiger partial charge < -0.3 is 9.67 Å². The Bertz CT molecular complexity index is 837. The lowest BCUT2D eigenvalue weighted by Crippen LogP contribution is -2.40. The minimum absolute atomic E-state index is 0.0979. The lowest BCUT2D eigenvalue weighted by molar-refractivity contribution is 0.0679. The average Bonchev–Trinajstić information content (AvgIpc) is 2.94. The highest BCUT2D eigenvalue weighted by Crippen LogP contribution is 2.14. The second-order valence-corrected chi connectivity index (χ2v) is 7.52. The van der Waals surface area contributed by atoms with Gasteiger partial charge in [-0.1, -0.05) is 12.8 Å². The molecule has 2 rings (SSSR count). The quantitative estimate of drug-likeness (QED) is 0.741. The molecule has 1 N–H and O–H groups in total. The highest BCUT2D eigenvalue weighted by atomic mass is 16.3. The third-order valence-electron chi connectivity index (χ3n) is 4.48. The first-order valence-corrected chi connectivity index (χ1v) is 9.10. The van der Waals surface area contributed by atoms with Crippen molar-refractivity contribution in [3.63, 3.8) is 0 Å². The Balaban J connectivity index is 2.32. The third-order valence-corrected chi connectivity index (χ3v) is 4.48. The number of nitrogens with zero attached hydrogens (tertiary/aromatic N) is 4. The van der Waals surface area contributed by atoms with Crippen LogP contribution in [0.3, 0.4) is 0 Å². The molecule has 0 aliphatic carbocycles. The summed E-state index contributed by atoms with van der Waals surface area (Å²) in [4.78, 5) is 29.8. The topological polar surface area (TPSA) is 82.0 Å². The van der Waals surface area contributed by atoms with Crippen LogP contribution in [-0.4, -0.2) is 29.4 Å². The van der Waals surface area contributed by atoms with Crippen molar-refractivity contribution in [1.29, 1.82) is 0 Å². The maximum absolute atomic E-state index is 12.9. The summed E-state index contributed by atoms with van der Waals surface area (Å²) in [5.74, 6) is 0. The van der Waals surface area contributed by atoms with Crippen LogP contribution in [0, 0.1) is 0 Å². The Hall–Kier alpha value is -1.89. The Morgan fingerprint density at radius 1 is 1.16 bits per heavy atom. The van der Waals surface area contributed by atoms with Crippen molar-refractivity contribution in [2.75, 3.05) is 0 Å². The van der Waals surface area contributed by atoms with Crippen molar-refractivity contribution >= 4 is 11.2 Å². The zero-order valence-corrected chi connectivity index (χ0v) is 15.9. The van der Waals surface area contributed by atoms with Gasteiger partial charge in [0.15, 0.2) is 11.2 Å². The first kappa shape index (κ1) is 19.4. The van der Waals surface area contributed by atoms with E-state index in [9.17, 15) is 14.7 Å². The van der Waals surface area contributed by atoms with Crippen LogP contribution in [0.2, 0.25) is 0 Å². The van der Waals surface area contributed by atoms with Gasteiger partial charge in [0, 0.05) is 19.1 Å². The fourth-order valence-electron chi connectivity index (χ4n) is 3.08. The Morgan fingerprint density at radius 2 is 1.84 bits per heavy atom. The summed E-state index contributed by atoms with van der Waals surface area (Å²) in [5, 5.41) is 9.75. The number of aromatic nitrogens is 4. The molecule has 140 valence electrons. The second kappa shape index (κ2) is 7.56. The second-order valence-electron chi connectivity index (χ2n) is 7.52. The number of imidazole rings is 1. The van der Waals surface area contributed by atoms with Crippen LogP contribution in [0.25, 0.3) is 11.2 Å². The molecule has 0 radical (unpaired) electrons. The highest BCUT2D eigenvalue weighted by Gasteiger charge is 2.18. The van der Waals surface area contributed by atoms with Gasteiger partial charge in [0.1, 0.15) is 0 Å². The minimum Gasteiger partial charge on any atom is -0.390 e. The van der Waals surface area contributed by atoms with Crippen LogP contribution in [0.15, 0.2) is 15.9 Å². The van der Waals surface area contributed by atoms with Crippen molar-refractivity contribution in [3.05, 3.63) is 27.2 Å². The first-order chi connectivity index (χ1) is 11.7. The van der Waals surface area contributed by atoms with Gasteiger partial charge in [0.2, 0.25) is 0 Å². The number of fused-ring (bicyclic) bond motifs is 1. The lowest BCUT2D eigenvalue weighted by Gasteiger charge is -2.16. The molecule has 0 bridgehead atoms. The smallest absolute Gasteiger partial charge is 0.332 e. The molecule has 0 saturated carbocycles. The predicted octanol–water partition coefficient (Wildman–Crippen LogP) is 2.29. The summed E-state index contributed by atoms with van der Waals surface area (Å²) >= 11 is 0. The summed E-state index contributed by atoms with van der Waals surface area (Å²) < 4.78 is 4.72. The SMILES string of the molecule is CCn1c(=O)n(CCCCCC(C)(C)O)c(=O)c2c1ncn2C(C)C. The maximum Gasteiger partial charge on any atom is 0.332 e. The third kappa shape index (κ3) is 4.21. The van der Waals surface area contributed by atoms with Crippen LogP contribution in [0.4, 0.5) is 0 Å². The summed E-state index contributed by atoms with van der Waals surface area (Å²) in [6.07, 6.45) is 4.81. The standard InChI is InChI=1S/C18H30N4O3/c1-6-20-15-14(22(12-19-15)13(2)3)16(23)21(17(20)24)11-9-7-8-10-18(4,5)25/h12-13,25H,6-11H2,1-5H3. The zero-order valence-electron chi connectivity index (χ0n) is 15.9. The lowest BCUT2D eigenvalue weighted by atomic mass is 10.0. The van der Waals surface area contributed by atoms with E-state index in [0.717, 1.165) is 19.3 Å². The van der Waals surface area contributed by atoms with Crippen molar-refractivity contribution in [2.45, 2.75) is 85.0 Å². The molecule has 0 aliphatic rings. The van der Waals surface area contributed by atoms with Gasteiger partial charge in [-0.3, -0.25) is 13.9 Å². The van der Waals surface area contributed by atoms with Crippen molar-refractivity contribution in [3.8, 4) is 0 Å². The van der Waals surface area contributed by atoms with Gasteiger partial charge in [0.05, 0.1) is 11.9 Å². The van der Waals surface area contributed by atoms with Gasteiger partial charge >= 0.3 is 5.69 Å². The molecular formula is C18H30N4O3. The number of aryl methyl sites for hydroxylation is 1. The van der Waals surface area contributed by atoms with E-state index in [0.29, 0.717) is 30.7 Å². The van der Waals surface area contributed by atoms with Gasteiger partial charge in [0.25, 0.3) is 5.56 Å². The molecule has 0 aliphatic heterocycles. The molecule has 7 nitrogen and oxygen atoms in total. The molecule has 2 aromatic heterocycles. The van der Waals surface area contributed by atoms with Crippen molar-refractivity contribution in [2.24, 2.45) is 0 Å². The molecule has 0 unspecified atom stereocenters. The van der Waals surface area contributed by atoms with E-state index in [1.165, 1.54) is 4.57 Å². The minimum atomic E-state index is -0.672. The molecule has 0 aromatic carbocycles. The van der Waals surface area contributed by atoms with Crippen LogP contribution in [0.5, 0.6) is 0 Å². The molecule has 0 atom stereocenters. The normalized spacial score (nSPS) is 12.4. The number of hydrogen-bond acceptors (Lipinski definition) is 4. The van der Waals surface area contributed by atoms with Gasteiger partial charge in [-0.05, 0) is 47.5 Å². The molecule has 0 amide bonds. The van der Waals surface area contributed by atoms with Gasteiger partial charge in [-0.2, -0.15) is 0 Å². The van der Waals surface area contributed by atoms with E-state index in [-0.39, 0.29) is 17.3 Å². The van der Waals surface area contributed by atoms with E-state index in [2.05, 4.69) is 4.98 Å². The van der Waals surface area contributed by atoms with E-state index in [1.54, 1.807) is 24.7 Å². The monoisotopic (exact) mass is 350 g/mol. The van der Waals surface area contributed by atoms with Crippen LogP contribution in [-0.2, 0) is 13.1 Å². The van der Waals surface area contributed by atoms with E-state index in [1.807, 2.05) is 25.3 Å². The highest BCUT2D eigenvalue weighted by molar-refractivity contribution is 5.70. The Kier molecular flexibility index (Phi) is 5.87. The maximum atomic E-state index is 12.9. The molecule has 2 aromatic rings. The number of aliphatic hydroxyl groups is 1. The van der Waals surface area contributed by atoms with Gasteiger partial charge in [-0.15, -0.1) is 0 Å². The number of unbranched alkanes of at least 4 members (excludes halogenated alkanes) is 2. The molecular weight excluding hydrogens is 320 g/mol. The summed E-state index contributed by atoms with van der Waals surface area (Å²) in [6, 6.07) is 0.0979. The summed E-state index contributed by atoms with van der Waals surface area (Å²) in [5.41, 5.74) is -0.277. The zero-order chi connectivity index (χ0) is 18.8.